The molecule has 0 atom stereocenters. The van der Waals surface area contributed by atoms with Gasteiger partial charge >= 0.3 is 0 Å². The van der Waals surface area contributed by atoms with Crippen molar-refractivity contribution in [2.45, 2.75) is 19.9 Å². The number of rotatable bonds is 6. The summed E-state index contributed by atoms with van der Waals surface area (Å²) in [6.07, 6.45) is 1.61. The molecule has 21 heavy (non-hydrogen) atoms. The Morgan fingerprint density at radius 1 is 1.29 bits per heavy atom. The lowest BCUT2D eigenvalue weighted by Crippen LogP contribution is -2.39. The van der Waals surface area contributed by atoms with E-state index in [4.69, 9.17) is 4.84 Å². The zero-order valence-corrected chi connectivity index (χ0v) is 12.9. The smallest absolute Gasteiger partial charge is 0.267 e. The summed E-state index contributed by atoms with van der Waals surface area (Å²) >= 11 is 1.57. The molecule has 0 fully saturated rings. The summed E-state index contributed by atoms with van der Waals surface area (Å²) in [6.45, 7) is 3.87. The number of benzene rings is 1. The first-order chi connectivity index (χ1) is 10.2. The lowest BCUT2D eigenvalue weighted by molar-refractivity contribution is -0.123. The number of para-hydroxylation sites is 1. The van der Waals surface area contributed by atoms with Gasteiger partial charge in [-0.15, -0.1) is 11.3 Å². The lowest BCUT2D eigenvalue weighted by atomic mass is 10.2. The number of anilines is 1. The van der Waals surface area contributed by atoms with Crippen molar-refractivity contribution in [1.82, 2.24) is 0 Å². The highest BCUT2D eigenvalue weighted by Gasteiger charge is 2.19. The van der Waals surface area contributed by atoms with Crippen LogP contribution in [0.3, 0.4) is 0 Å². The van der Waals surface area contributed by atoms with Crippen molar-refractivity contribution in [3.8, 4) is 0 Å². The number of amides is 1. The summed E-state index contributed by atoms with van der Waals surface area (Å²) in [5.41, 5.74) is 0.864. The highest BCUT2D eigenvalue weighted by Crippen LogP contribution is 2.16. The van der Waals surface area contributed by atoms with Crippen molar-refractivity contribution in [3.05, 3.63) is 52.7 Å². The zero-order chi connectivity index (χ0) is 15.1. The van der Waals surface area contributed by atoms with Gasteiger partial charge in [-0.2, -0.15) is 0 Å². The molecule has 0 N–H and O–H groups in total. The lowest BCUT2D eigenvalue weighted by Gasteiger charge is -2.26. The molecule has 2 aromatic rings. The molecular formula is C16H18N2O2S. The van der Waals surface area contributed by atoms with Gasteiger partial charge in [0, 0.05) is 16.6 Å². The van der Waals surface area contributed by atoms with Gasteiger partial charge in [-0.3, -0.25) is 4.79 Å². The Hall–Kier alpha value is -2.14. The first-order valence-electron chi connectivity index (χ1n) is 6.74. The van der Waals surface area contributed by atoms with E-state index in [1.165, 1.54) is 0 Å². The fourth-order valence-corrected chi connectivity index (χ4v) is 2.51. The molecule has 110 valence electrons. The first kappa shape index (κ1) is 15.3. The van der Waals surface area contributed by atoms with Crippen molar-refractivity contribution in [2.24, 2.45) is 5.16 Å². The SMILES string of the molecule is CC(C)N(C(=O)CON=Cc1cccs1)c1ccccc1. The largest absolute Gasteiger partial charge is 0.386 e. The molecule has 0 saturated heterocycles. The van der Waals surface area contributed by atoms with Crippen molar-refractivity contribution < 1.29 is 9.63 Å². The van der Waals surface area contributed by atoms with Gasteiger partial charge in [-0.1, -0.05) is 29.4 Å². The molecule has 0 aliphatic rings. The Morgan fingerprint density at radius 2 is 2.05 bits per heavy atom. The van der Waals surface area contributed by atoms with Crippen LogP contribution in [0.25, 0.3) is 0 Å². The molecule has 0 unspecified atom stereocenters. The van der Waals surface area contributed by atoms with Gasteiger partial charge in [-0.05, 0) is 37.4 Å². The third-order valence-electron chi connectivity index (χ3n) is 2.81. The highest BCUT2D eigenvalue weighted by molar-refractivity contribution is 7.11. The Labute approximate surface area is 128 Å². The molecular weight excluding hydrogens is 284 g/mol. The molecule has 1 aromatic heterocycles. The molecule has 2 rings (SSSR count). The number of hydrogen-bond donors (Lipinski definition) is 0. The summed E-state index contributed by atoms with van der Waals surface area (Å²) in [5, 5.41) is 5.79. The van der Waals surface area contributed by atoms with Crippen LogP contribution in [0.5, 0.6) is 0 Å². The maximum absolute atomic E-state index is 12.3. The van der Waals surface area contributed by atoms with E-state index in [0.717, 1.165) is 10.6 Å². The van der Waals surface area contributed by atoms with Crippen molar-refractivity contribution in [2.75, 3.05) is 11.5 Å². The van der Waals surface area contributed by atoms with E-state index < -0.39 is 0 Å². The van der Waals surface area contributed by atoms with Crippen LogP contribution in [-0.4, -0.2) is 24.8 Å². The van der Waals surface area contributed by atoms with Crippen LogP contribution in [0.1, 0.15) is 18.7 Å². The van der Waals surface area contributed by atoms with Gasteiger partial charge < -0.3 is 9.74 Å². The van der Waals surface area contributed by atoms with Crippen molar-refractivity contribution in [1.29, 1.82) is 0 Å². The second-order valence-electron chi connectivity index (χ2n) is 4.72. The second-order valence-corrected chi connectivity index (χ2v) is 5.70. The normalized spacial score (nSPS) is 11.0. The van der Waals surface area contributed by atoms with E-state index in [1.807, 2.05) is 61.7 Å². The number of thiophene rings is 1. The predicted molar refractivity (Wildman–Crippen MR) is 86.9 cm³/mol. The fraction of sp³-hybridized carbons (Fsp3) is 0.250. The Morgan fingerprint density at radius 3 is 2.67 bits per heavy atom. The maximum atomic E-state index is 12.3. The van der Waals surface area contributed by atoms with Gasteiger partial charge in [-0.25, -0.2) is 0 Å². The molecule has 1 aromatic carbocycles. The van der Waals surface area contributed by atoms with Crippen LogP contribution in [0.15, 0.2) is 53.0 Å². The average molecular weight is 302 g/mol. The van der Waals surface area contributed by atoms with E-state index in [2.05, 4.69) is 5.16 Å². The standard InChI is InChI=1S/C16H18N2O2S/c1-13(2)18(14-7-4-3-5-8-14)16(19)12-20-17-11-15-9-6-10-21-15/h3-11,13H,12H2,1-2H3. The van der Waals surface area contributed by atoms with E-state index >= 15 is 0 Å². The summed E-state index contributed by atoms with van der Waals surface area (Å²) in [6, 6.07) is 13.5. The third kappa shape index (κ3) is 4.43. The van der Waals surface area contributed by atoms with Crippen molar-refractivity contribution >= 4 is 29.1 Å². The van der Waals surface area contributed by atoms with Gasteiger partial charge in [0.15, 0.2) is 6.61 Å². The summed E-state index contributed by atoms with van der Waals surface area (Å²) in [4.78, 5) is 20.1. The predicted octanol–water partition coefficient (Wildman–Crippen LogP) is 3.54. The van der Waals surface area contributed by atoms with Crippen LogP contribution in [0.4, 0.5) is 5.69 Å². The molecule has 5 heteroatoms. The van der Waals surface area contributed by atoms with E-state index in [0.29, 0.717) is 0 Å². The van der Waals surface area contributed by atoms with Gasteiger partial charge in [0.25, 0.3) is 5.91 Å². The molecule has 0 aliphatic carbocycles. The fourth-order valence-electron chi connectivity index (χ4n) is 1.93. The monoisotopic (exact) mass is 302 g/mol. The zero-order valence-electron chi connectivity index (χ0n) is 12.1. The molecule has 0 aliphatic heterocycles. The second kappa shape index (κ2) is 7.59. The molecule has 0 radical (unpaired) electrons. The minimum atomic E-state index is -0.112. The molecule has 1 heterocycles. The molecule has 0 spiro atoms. The minimum absolute atomic E-state index is 0.0600. The number of carbonyl (C=O) groups excluding carboxylic acids is 1. The number of carbonyl (C=O) groups is 1. The van der Waals surface area contributed by atoms with Crippen LogP contribution < -0.4 is 4.90 Å². The van der Waals surface area contributed by atoms with E-state index in [1.54, 1.807) is 22.5 Å². The van der Waals surface area contributed by atoms with E-state index in [-0.39, 0.29) is 18.6 Å². The van der Waals surface area contributed by atoms with Crippen LogP contribution in [0.2, 0.25) is 0 Å². The van der Waals surface area contributed by atoms with Crippen LogP contribution >= 0.6 is 11.3 Å². The Kier molecular flexibility index (Phi) is 5.51. The number of nitrogens with zero attached hydrogens (tertiary/aromatic N) is 2. The third-order valence-corrected chi connectivity index (χ3v) is 3.61. The highest BCUT2D eigenvalue weighted by atomic mass is 32.1. The van der Waals surface area contributed by atoms with Crippen LogP contribution in [0, 0.1) is 0 Å². The molecule has 0 saturated carbocycles. The van der Waals surface area contributed by atoms with Crippen molar-refractivity contribution in [3.63, 3.8) is 0 Å². The average Bonchev–Trinajstić information content (AvgIpc) is 2.98. The van der Waals surface area contributed by atoms with E-state index in [9.17, 15) is 4.79 Å². The molecule has 0 bridgehead atoms. The molecule has 1 amide bonds. The number of hydrogen-bond acceptors (Lipinski definition) is 4. The van der Waals surface area contributed by atoms with Gasteiger partial charge in [0.1, 0.15) is 0 Å². The summed E-state index contributed by atoms with van der Waals surface area (Å²) in [7, 11) is 0. The molecule has 4 nitrogen and oxygen atoms in total. The Balaban J connectivity index is 1.94. The minimum Gasteiger partial charge on any atom is -0.386 e. The Bertz CT molecular complexity index is 580. The van der Waals surface area contributed by atoms with Gasteiger partial charge in [0.05, 0.1) is 6.21 Å². The van der Waals surface area contributed by atoms with Crippen LogP contribution in [-0.2, 0) is 9.63 Å². The maximum Gasteiger partial charge on any atom is 0.267 e. The quantitative estimate of drug-likeness (QED) is 0.605. The topological polar surface area (TPSA) is 41.9 Å². The first-order valence-corrected chi connectivity index (χ1v) is 7.62. The number of oxime groups is 1. The summed E-state index contributed by atoms with van der Waals surface area (Å²) < 4.78 is 0. The van der Waals surface area contributed by atoms with Gasteiger partial charge in [0.2, 0.25) is 0 Å². The summed E-state index contributed by atoms with van der Waals surface area (Å²) in [5.74, 6) is -0.112.